The van der Waals surface area contributed by atoms with E-state index in [9.17, 15) is 0 Å². The Labute approximate surface area is 160 Å². The Hall–Kier alpha value is -3.33. The van der Waals surface area contributed by atoms with Crippen molar-refractivity contribution in [1.29, 1.82) is 0 Å². The van der Waals surface area contributed by atoms with Crippen LogP contribution in [0.2, 0.25) is 0 Å². The molecule has 3 aromatic rings. The summed E-state index contributed by atoms with van der Waals surface area (Å²) in [7, 11) is 0. The molecule has 0 aliphatic rings. The van der Waals surface area contributed by atoms with Crippen LogP contribution in [-0.4, -0.2) is 5.90 Å². The zero-order chi connectivity index (χ0) is 19.1. The van der Waals surface area contributed by atoms with Crippen LogP contribution in [0.4, 0.5) is 5.69 Å². The average molecular weight is 357 g/mol. The molecular weight excluding hydrogens is 334 g/mol. The first-order chi connectivity index (χ1) is 13.1. The molecule has 0 heterocycles. The van der Waals surface area contributed by atoms with Gasteiger partial charge in [-0.05, 0) is 56.2 Å². The van der Waals surface area contributed by atoms with Crippen LogP contribution in [0.3, 0.4) is 0 Å². The zero-order valence-corrected chi connectivity index (χ0v) is 15.8. The molecule has 0 amide bonds. The molecule has 3 rings (SSSR count). The Morgan fingerprint density at radius 2 is 1.30 bits per heavy atom. The van der Waals surface area contributed by atoms with Crippen molar-refractivity contribution in [3.05, 3.63) is 102 Å². The third-order valence-corrected chi connectivity index (χ3v) is 4.08. The lowest BCUT2D eigenvalue weighted by Crippen LogP contribution is -2.11. The maximum absolute atomic E-state index is 6.13. The van der Waals surface area contributed by atoms with E-state index in [0.29, 0.717) is 5.90 Å². The highest BCUT2D eigenvalue weighted by atomic mass is 16.5. The maximum Gasteiger partial charge on any atom is 0.225 e. The fraction of sp³-hybridized carbons (Fsp3) is 0.125. The number of aryl methyl sites for hydroxylation is 2. The smallest absolute Gasteiger partial charge is 0.225 e. The Morgan fingerprint density at radius 1 is 0.741 bits per heavy atom. The minimum Gasteiger partial charge on any atom is -0.464 e. The van der Waals surface area contributed by atoms with Gasteiger partial charge in [0.2, 0.25) is 5.90 Å². The summed E-state index contributed by atoms with van der Waals surface area (Å²) < 4.78 is 12.0. The summed E-state index contributed by atoms with van der Waals surface area (Å²) in [5.74, 6) is 2.09. The van der Waals surface area contributed by atoms with Gasteiger partial charge in [-0.25, -0.2) is 4.99 Å². The van der Waals surface area contributed by atoms with Crippen LogP contribution in [-0.2, 0) is 0 Å². The molecule has 0 bridgehead atoms. The molecule has 0 N–H and O–H groups in total. The van der Waals surface area contributed by atoms with E-state index in [1.54, 1.807) is 6.26 Å². The van der Waals surface area contributed by atoms with E-state index < -0.39 is 0 Å². The highest BCUT2D eigenvalue weighted by molar-refractivity contribution is 5.96. The molecule has 0 atom stereocenters. The highest BCUT2D eigenvalue weighted by Gasteiger charge is 2.09. The van der Waals surface area contributed by atoms with Crippen LogP contribution in [0.1, 0.15) is 18.1 Å². The Balaban J connectivity index is 1.91. The second kappa shape index (κ2) is 8.86. The van der Waals surface area contributed by atoms with Gasteiger partial charge in [0.05, 0.1) is 11.9 Å². The molecule has 0 aromatic heterocycles. The first kappa shape index (κ1) is 18.5. The number of hydrogen-bond acceptors (Lipinski definition) is 3. The van der Waals surface area contributed by atoms with Gasteiger partial charge in [0, 0.05) is 5.57 Å². The number of aliphatic imine (C=N–C) groups is 1. The van der Waals surface area contributed by atoms with Crippen molar-refractivity contribution in [3.8, 4) is 11.5 Å². The van der Waals surface area contributed by atoms with E-state index in [2.05, 4.69) is 4.99 Å². The van der Waals surface area contributed by atoms with Gasteiger partial charge in [0.25, 0.3) is 0 Å². The van der Waals surface area contributed by atoms with Crippen LogP contribution in [0.25, 0.3) is 0 Å². The Bertz CT molecular complexity index is 959. The molecule has 0 aliphatic carbocycles. The lowest BCUT2D eigenvalue weighted by Gasteiger charge is -2.12. The van der Waals surface area contributed by atoms with E-state index in [1.165, 1.54) is 0 Å². The largest absolute Gasteiger partial charge is 0.464 e. The molecule has 0 aliphatic heterocycles. The summed E-state index contributed by atoms with van der Waals surface area (Å²) >= 11 is 0. The van der Waals surface area contributed by atoms with Crippen LogP contribution in [0.5, 0.6) is 11.5 Å². The molecular formula is C24H23NO2. The van der Waals surface area contributed by atoms with Crippen LogP contribution < -0.4 is 9.47 Å². The minimum absolute atomic E-state index is 0.504. The van der Waals surface area contributed by atoms with E-state index in [4.69, 9.17) is 9.47 Å². The number of para-hydroxylation sites is 3. The lowest BCUT2D eigenvalue weighted by atomic mass is 10.2. The van der Waals surface area contributed by atoms with Gasteiger partial charge in [-0.1, -0.05) is 54.6 Å². The van der Waals surface area contributed by atoms with Gasteiger partial charge in [0.1, 0.15) is 11.5 Å². The van der Waals surface area contributed by atoms with Gasteiger partial charge >= 0.3 is 0 Å². The van der Waals surface area contributed by atoms with Gasteiger partial charge in [-0.15, -0.1) is 0 Å². The molecule has 3 nitrogen and oxygen atoms in total. The summed E-state index contributed by atoms with van der Waals surface area (Å²) in [6.45, 7) is 5.96. The molecule has 27 heavy (non-hydrogen) atoms. The molecule has 3 heteroatoms. The monoisotopic (exact) mass is 357 g/mol. The predicted octanol–water partition coefficient (Wildman–Crippen LogP) is 6.40. The van der Waals surface area contributed by atoms with E-state index in [1.807, 2.05) is 99.6 Å². The van der Waals surface area contributed by atoms with Gasteiger partial charge in [0.15, 0.2) is 0 Å². The molecule has 0 unspecified atom stereocenters. The van der Waals surface area contributed by atoms with E-state index >= 15 is 0 Å². The number of rotatable bonds is 5. The molecule has 0 saturated carbocycles. The van der Waals surface area contributed by atoms with Gasteiger partial charge in [-0.2, -0.15) is 0 Å². The molecule has 0 saturated heterocycles. The van der Waals surface area contributed by atoms with Crippen molar-refractivity contribution >= 4 is 11.6 Å². The quantitative estimate of drug-likeness (QED) is 0.301. The minimum atomic E-state index is 0.504. The van der Waals surface area contributed by atoms with Crippen molar-refractivity contribution in [1.82, 2.24) is 0 Å². The molecule has 3 aromatic carbocycles. The fourth-order valence-electron chi connectivity index (χ4n) is 2.48. The first-order valence-electron chi connectivity index (χ1n) is 8.90. The summed E-state index contributed by atoms with van der Waals surface area (Å²) in [5, 5.41) is 0. The average Bonchev–Trinajstić information content (AvgIpc) is 2.69. The van der Waals surface area contributed by atoms with Gasteiger partial charge in [-0.3, -0.25) is 0 Å². The van der Waals surface area contributed by atoms with Gasteiger partial charge < -0.3 is 9.47 Å². The van der Waals surface area contributed by atoms with E-state index in [0.717, 1.165) is 33.9 Å². The van der Waals surface area contributed by atoms with Crippen LogP contribution >= 0.6 is 0 Å². The number of hydrogen-bond donors (Lipinski definition) is 0. The van der Waals surface area contributed by atoms with E-state index in [-0.39, 0.29) is 0 Å². The number of nitrogens with zero attached hydrogens (tertiary/aromatic N) is 1. The second-order valence-corrected chi connectivity index (χ2v) is 6.30. The van der Waals surface area contributed by atoms with Crippen molar-refractivity contribution < 1.29 is 9.47 Å². The summed E-state index contributed by atoms with van der Waals surface area (Å²) in [6, 6.07) is 25.5. The first-order valence-corrected chi connectivity index (χ1v) is 8.90. The zero-order valence-electron chi connectivity index (χ0n) is 15.8. The van der Waals surface area contributed by atoms with Crippen LogP contribution in [0.15, 0.2) is 95.7 Å². The third-order valence-electron chi connectivity index (χ3n) is 4.08. The predicted molar refractivity (Wildman–Crippen MR) is 111 cm³/mol. The topological polar surface area (TPSA) is 30.8 Å². The van der Waals surface area contributed by atoms with Crippen molar-refractivity contribution in [3.63, 3.8) is 0 Å². The molecule has 0 spiro atoms. The van der Waals surface area contributed by atoms with Crippen LogP contribution in [0, 0.1) is 13.8 Å². The highest BCUT2D eigenvalue weighted by Crippen LogP contribution is 2.22. The Morgan fingerprint density at radius 3 is 1.93 bits per heavy atom. The molecule has 136 valence electrons. The second-order valence-electron chi connectivity index (χ2n) is 6.30. The summed E-state index contributed by atoms with van der Waals surface area (Å²) in [6.07, 6.45) is 1.68. The van der Waals surface area contributed by atoms with Crippen molar-refractivity contribution in [2.45, 2.75) is 20.8 Å². The van der Waals surface area contributed by atoms with Crippen molar-refractivity contribution in [2.24, 2.45) is 4.99 Å². The molecule has 0 radical (unpaired) electrons. The lowest BCUT2D eigenvalue weighted by molar-refractivity contribution is 0.470. The molecule has 0 fully saturated rings. The fourth-order valence-corrected chi connectivity index (χ4v) is 2.48. The number of benzene rings is 3. The summed E-state index contributed by atoms with van der Waals surface area (Å²) in [5.41, 5.74) is 3.74. The Kier molecular flexibility index (Phi) is 6.06. The number of ether oxygens (including phenoxy) is 2. The SMILES string of the molecule is C/C(=C\Oc1ccccc1C)C(=Nc1ccccc1)Oc1ccccc1C. The summed E-state index contributed by atoms with van der Waals surface area (Å²) in [4.78, 5) is 4.68. The standard InChI is InChI=1S/C24H23NO2/c1-18-11-7-9-15-22(18)26-17-20(3)24(25-21-13-5-4-6-14-21)27-23-16-10-8-12-19(23)2/h4-17H,1-3H3/b20-17+,25-24?. The normalized spacial score (nSPS) is 12.0. The third kappa shape index (κ3) is 5.08. The van der Waals surface area contributed by atoms with Crippen molar-refractivity contribution in [2.75, 3.05) is 0 Å². The maximum atomic E-state index is 6.13.